The molecule has 0 aliphatic rings. The number of hydrogen-bond donors (Lipinski definition) is 0. The Morgan fingerprint density at radius 2 is 1.37 bits per heavy atom. The lowest BCUT2D eigenvalue weighted by Crippen LogP contribution is -2.22. The summed E-state index contributed by atoms with van der Waals surface area (Å²) < 4.78 is 5.26. The van der Waals surface area contributed by atoms with E-state index in [4.69, 9.17) is 4.74 Å². The molecule has 0 bridgehead atoms. The van der Waals surface area contributed by atoms with Crippen molar-refractivity contribution in [2.24, 2.45) is 0 Å². The molecule has 0 fully saturated rings. The van der Waals surface area contributed by atoms with Crippen molar-refractivity contribution in [3.05, 3.63) is 108 Å². The van der Waals surface area contributed by atoms with Gasteiger partial charge in [-0.2, -0.15) is 0 Å². The molecule has 0 saturated carbocycles. The molecule has 138 valence electrons. The van der Waals surface area contributed by atoms with E-state index >= 15 is 0 Å². The van der Waals surface area contributed by atoms with Gasteiger partial charge >= 0.3 is 0 Å². The molecule has 27 heavy (non-hydrogen) atoms. The van der Waals surface area contributed by atoms with Crippen molar-refractivity contribution < 1.29 is 4.74 Å². The van der Waals surface area contributed by atoms with Gasteiger partial charge in [0.25, 0.3) is 0 Å². The Bertz CT molecular complexity index is 812. The van der Waals surface area contributed by atoms with Gasteiger partial charge in [-0.15, -0.1) is 0 Å². The summed E-state index contributed by atoms with van der Waals surface area (Å²) in [5.41, 5.74) is 5.04. The lowest BCUT2D eigenvalue weighted by molar-refractivity contribution is 0.289. The SMILES string of the molecule is COc1ccc(C(C)N(C)CC=C(c2ccccc2)c2ccccc2)cc1. The van der Waals surface area contributed by atoms with Crippen molar-refractivity contribution in [2.75, 3.05) is 20.7 Å². The fourth-order valence-corrected chi connectivity index (χ4v) is 3.17. The average Bonchev–Trinajstić information content (AvgIpc) is 2.75. The molecule has 0 N–H and O–H groups in total. The molecule has 3 aromatic rings. The van der Waals surface area contributed by atoms with Crippen molar-refractivity contribution in [1.29, 1.82) is 0 Å². The third-order valence-electron chi connectivity index (χ3n) is 5.01. The highest BCUT2D eigenvalue weighted by Gasteiger charge is 2.12. The number of ether oxygens (including phenoxy) is 1. The molecule has 2 nitrogen and oxygen atoms in total. The van der Waals surface area contributed by atoms with Crippen LogP contribution in [0.25, 0.3) is 5.57 Å². The topological polar surface area (TPSA) is 12.5 Å². The van der Waals surface area contributed by atoms with Crippen LogP contribution in [0, 0.1) is 0 Å². The van der Waals surface area contributed by atoms with Gasteiger partial charge in [-0.25, -0.2) is 0 Å². The summed E-state index contributed by atoms with van der Waals surface area (Å²) in [7, 11) is 3.86. The van der Waals surface area contributed by atoms with Crippen molar-refractivity contribution in [3.8, 4) is 5.75 Å². The van der Waals surface area contributed by atoms with Crippen LogP contribution in [0.2, 0.25) is 0 Å². The van der Waals surface area contributed by atoms with Crippen molar-refractivity contribution >= 4 is 5.57 Å². The summed E-state index contributed by atoms with van der Waals surface area (Å²) >= 11 is 0. The normalized spacial score (nSPS) is 11.9. The predicted octanol–water partition coefficient (Wildman–Crippen LogP) is 5.82. The van der Waals surface area contributed by atoms with E-state index in [-0.39, 0.29) is 0 Å². The molecule has 0 amide bonds. The van der Waals surface area contributed by atoms with Crippen LogP contribution in [0.3, 0.4) is 0 Å². The monoisotopic (exact) mass is 357 g/mol. The van der Waals surface area contributed by atoms with Gasteiger partial charge in [0.2, 0.25) is 0 Å². The maximum atomic E-state index is 5.26. The van der Waals surface area contributed by atoms with E-state index in [1.807, 2.05) is 12.1 Å². The third-order valence-corrected chi connectivity index (χ3v) is 5.01. The fraction of sp³-hybridized carbons (Fsp3) is 0.200. The molecule has 3 aromatic carbocycles. The van der Waals surface area contributed by atoms with E-state index < -0.39 is 0 Å². The highest BCUT2D eigenvalue weighted by Crippen LogP contribution is 2.25. The zero-order valence-electron chi connectivity index (χ0n) is 16.3. The Morgan fingerprint density at radius 1 is 0.852 bits per heavy atom. The van der Waals surface area contributed by atoms with Gasteiger partial charge in [0.15, 0.2) is 0 Å². The zero-order chi connectivity index (χ0) is 19.1. The van der Waals surface area contributed by atoms with E-state index in [1.165, 1.54) is 22.3 Å². The van der Waals surface area contributed by atoms with E-state index in [0.29, 0.717) is 6.04 Å². The summed E-state index contributed by atoms with van der Waals surface area (Å²) in [6.45, 7) is 3.10. The minimum atomic E-state index is 0.319. The molecule has 1 unspecified atom stereocenters. The lowest BCUT2D eigenvalue weighted by atomic mass is 9.97. The predicted molar refractivity (Wildman–Crippen MR) is 114 cm³/mol. The quantitative estimate of drug-likeness (QED) is 0.528. The van der Waals surface area contributed by atoms with Gasteiger partial charge in [0.05, 0.1) is 7.11 Å². The maximum Gasteiger partial charge on any atom is 0.118 e. The minimum Gasteiger partial charge on any atom is -0.497 e. The molecule has 0 aliphatic heterocycles. The number of likely N-dealkylation sites (N-methyl/N-ethyl adjacent to an activating group) is 1. The molecule has 2 heteroatoms. The van der Waals surface area contributed by atoms with Crippen LogP contribution >= 0.6 is 0 Å². The summed E-state index contributed by atoms with van der Waals surface area (Å²) in [6.07, 6.45) is 2.32. The van der Waals surface area contributed by atoms with Crippen molar-refractivity contribution in [3.63, 3.8) is 0 Å². The van der Waals surface area contributed by atoms with Gasteiger partial charge < -0.3 is 4.74 Å². The number of rotatable bonds is 7. The Morgan fingerprint density at radius 3 is 1.85 bits per heavy atom. The first kappa shape index (κ1) is 18.9. The summed E-state index contributed by atoms with van der Waals surface area (Å²) in [5.74, 6) is 0.893. The van der Waals surface area contributed by atoms with Gasteiger partial charge in [0.1, 0.15) is 5.75 Å². The average molecular weight is 357 g/mol. The summed E-state index contributed by atoms with van der Waals surface area (Å²) in [6, 6.07) is 29.8. The Hall–Kier alpha value is -2.84. The minimum absolute atomic E-state index is 0.319. The first-order valence-electron chi connectivity index (χ1n) is 9.34. The van der Waals surface area contributed by atoms with Gasteiger partial charge in [-0.05, 0) is 48.4 Å². The highest BCUT2D eigenvalue weighted by atomic mass is 16.5. The summed E-state index contributed by atoms with van der Waals surface area (Å²) in [5, 5.41) is 0. The van der Waals surface area contributed by atoms with Crippen LogP contribution in [0.1, 0.15) is 29.7 Å². The van der Waals surface area contributed by atoms with E-state index in [1.54, 1.807) is 7.11 Å². The fourth-order valence-electron chi connectivity index (χ4n) is 3.17. The molecule has 0 aromatic heterocycles. The van der Waals surface area contributed by atoms with E-state index in [9.17, 15) is 0 Å². The summed E-state index contributed by atoms with van der Waals surface area (Å²) in [4.78, 5) is 2.35. The van der Waals surface area contributed by atoms with Gasteiger partial charge in [-0.3, -0.25) is 4.90 Å². The van der Waals surface area contributed by atoms with E-state index in [2.05, 4.69) is 97.7 Å². The van der Waals surface area contributed by atoms with Crippen LogP contribution in [0.15, 0.2) is 91.0 Å². The molecule has 0 heterocycles. The largest absolute Gasteiger partial charge is 0.497 e. The number of nitrogens with zero attached hydrogens (tertiary/aromatic N) is 1. The van der Waals surface area contributed by atoms with Crippen LogP contribution in [-0.4, -0.2) is 25.6 Å². The Kier molecular flexibility index (Phi) is 6.45. The maximum absolute atomic E-state index is 5.26. The first-order valence-corrected chi connectivity index (χ1v) is 9.34. The van der Waals surface area contributed by atoms with Crippen molar-refractivity contribution in [1.82, 2.24) is 4.90 Å². The molecule has 0 aliphatic carbocycles. The highest BCUT2D eigenvalue weighted by molar-refractivity contribution is 5.79. The van der Waals surface area contributed by atoms with Gasteiger partial charge in [-0.1, -0.05) is 78.9 Å². The van der Waals surface area contributed by atoms with Crippen LogP contribution in [-0.2, 0) is 0 Å². The molecular formula is C25H27NO. The number of hydrogen-bond acceptors (Lipinski definition) is 2. The third kappa shape index (κ3) is 4.87. The number of methoxy groups -OCH3 is 1. The number of benzene rings is 3. The Labute approximate surface area is 162 Å². The van der Waals surface area contributed by atoms with Crippen LogP contribution < -0.4 is 4.74 Å². The smallest absolute Gasteiger partial charge is 0.118 e. The second kappa shape index (κ2) is 9.20. The zero-order valence-corrected chi connectivity index (χ0v) is 16.3. The van der Waals surface area contributed by atoms with Gasteiger partial charge in [0, 0.05) is 12.6 Å². The molecule has 1 atom stereocenters. The van der Waals surface area contributed by atoms with Crippen molar-refractivity contribution in [2.45, 2.75) is 13.0 Å². The van der Waals surface area contributed by atoms with E-state index in [0.717, 1.165) is 12.3 Å². The molecule has 0 radical (unpaired) electrons. The van der Waals surface area contributed by atoms with Crippen LogP contribution in [0.5, 0.6) is 5.75 Å². The molecule has 3 rings (SSSR count). The Balaban J connectivity index is 1.81. The second-order valence-electron chi connectivity index (χ2n) is 6.74. The molecule has 0 saturated heterocycles. The standard InChI is InChI=1S/C25H27NO/c1-20(21-14-16-24(27-3)17-15-21)26(2)19-18-25(22-10-6-4-7-11-22)23-12-8-5-9-13-23/h4-18,20H,19H2,1-3H3. The first-order chi connectivity index (χ1) is 13.2. The second-order valence-corrected chi connectivity index (χ2v) is 6.74. The molecular weight excluding hydrogens is 330 g/mol. The lowest BCUT2D eigenvalue weighted by Gasteiger charge is -2.24. The molecule has 0 spiro atoms. The van der Waals surface area contributed by atoms with Crippen LogP contribution in [0.4, 0.5) is 0 Å².